The Morgan fingerprint density at radius 3 is 2.29 bits per heavy atom. The van der Waals surface area contributed by atoms with E-state index in [0.717, 1.165) is 32.1 Å². The lowest BCUT2D eigenvalue weighted by Crippen LogP contribution is -2.45. The predicted octanol–water partition coefficient (Wildman–Crippen LogP) is 4.68. The molecule has 122 valence electrons. The maximum absolute atomic E-state index is 3.73. The van der Waals surface area contributed by atoms with Crippen LogP contribution in [0, 0.1) is 5.92 Å². The molecule has 1 saturated heterocycles. The van der Waals surface area contributed by atoms with Crippen LogP contribution in [0.25, 0.3) is 0 Å². The lowest BCUT2D eigenvalue weighted by molar-refractivity contribution is 0.159. The summed E-state index contributed by atoms with van der Waals surface area (Å²) in [4.78, 5) is 2.64. The molecule has 1 atom stereocenters. The molecule has 0 spiro atoms. The van der Waals surface area contributed by atoms with Crippen molar-refractivity contribution in [2.75, 3.05) is 26.2 Å². The monoisotopic (exact) mass is 396 g/mol. The van der Waals surface area contributed by atoms with Gasteiger partial charge in [0.25, 0.3) is 0 Å². The van der Waals surface area contributed by atoms with Crippen molar-refractivity contribution in [3.63, 3.8) is 0 Å². The van der Waals surface area contributed by atoms with Crippen LogP contribution in [-0.4, -0.2) is 31.1 Å². The summed E-state index contributed by atoms with van der Waals surface area (Å²) in [7, 11) is 0. The van der Waals surface area contributed by atoms with Crippen LogP contribution in [0.15, 0.2) is 28.7 Å². The first kappa shape index (κ1) is 21.2. The average molecular weight is 398 g/mol. The fourth-order valence-electron chi connectivity index (χ4n) is 2.77. The van der Waals surface area contributed by atoms with Crippen LogP contribution in [0.3, 0.4) is 0 Å². The molecule has 0 aliphatic carbocycles. The largest absolute Gasteiger partial charge is 0.314 e. The Morgan fingerprint density at radius 2 is 1.71 bits per heavy atom. The minimum atomic E-state index is 0. The fourth-order valence-corrected chi connectivity index (χ4v) is 3.31. The Balaban J connectivity index is 0.00000200. The topological polar surface area (TPSA) is 15.3 Å². The van der Waals surface area contributed by atoms with E-state index < -0.39 is 0 Å². The zero-order valence-corrected chi connectivity index (χ0v) is 16.1. The van der Waals surface area contributed by atoms with E-state index in [-0.39, 0.29) is 24.8 Å². The van der Waals surface area contributed by atoms with Gasteiger partial charge in [0.15, 0.2) is 0 Å². The Morgan fingerprint density at radius 1 is 1.10 bits per heavy atom. The van der Waals surface area contributed by atoms with Crippen molar-refractivity contribution in [1.82, 2.24) is 10.2 Å². The van der Waals surface area contributed by atoms with Crippen molar-refractivity contribution < 1.29 is 0 Å². The SMILES string of the molecule is CC(C)CC[C@@H](c1ccccc1Br)N1CCNCC1.Cl.Cl. The Bertz CT molecular complexity index is 396. The lowest BCUT2D eigenvalue weighted by Gasteiger charge is -2.36. The molecule has 1 fully saturated rings. The smallest absolute Gasteiger partial charge is 0.0360 e. The second kappa shape index (κ2) is 10.8. The first-order chi connectivity index (χ1) is 9.18. The van der Waals surface area contributed by atoms with E-state index in [4.69, 9.17) is 0 Å². The molecule has 2 rings (SSSR count). The van der Waals surface area contributed by atoms with Gasteiger partial charge in [0.1, 0.15) is 0 Å². The second-order valence-corrected chi connectivity index (χ2v) is 6.65. The maximum Gasteiger partial charge on any atom is 0.0360 e. The molecule has 0 unspecified atom stereocenters. The van der Waals surface area contributed by atoms with Crippen LogP contribution < -0.4 is 5.32 Å². The summed E-state index contributed by atoms with van der Waals surface area (Å²) in [6.45, 7) is 9.17. The van der Waals surface area contributed by atoms with Crippen molar-refractivity contribution in [3.05, 3.63) is 34.3 Å². The highest BCUT2D eigenvalue weighted by Gasteiger charge is 2.23. The molecule has 0 bridgehead atoms. The van der Waals surface area contributed by atoms with Gasteiger partial charge in [-0.2, -0.15) is 0 Å². The number of halogens is 3. The Labute approximate surface area is 150 Å². The van der Waals surface area contributed by atoms with Gasteiger partial charge in [-0.05, 0) is 30.4 Å². The zero-order valence-electron chi connectivity index (χ0n) is 12.8. The molecule has 0 radical (unpaired) electrons. The van der Waals surface area contributed by atoms with E-state index in [0.29, 0.717) is 6.04 Å². The molecule has 1 heterocycles. The molecule has 2 nitrogen and oxygen atoms in total. The molecule has 21 heavy (non-hydrogen) atoms. The molecule has 1 aliphatic rings. The number of hydrogen-bond donors (Lipinski definition) is 1. The van der Waals surface area contributed by atoms with Gasteiger partial charge < -0.3 is 5.32 Å². The maximum atomic E-state index is 3.73. The Hall–Kier alpha value is 0.200. The summed E-state index contributed by atoms with van der Waals surface area (Å²) in [5, 5.41) is 3.45. The van der Waals surface area contributed by atoms with Crippen LogP contribution in [0.5, 0.6) is 0 Å². The van der Waals surface area contributed by atoms with Crippen LogP contribution in [0.1, 0.15) is 38.3 Å². The van der Waals surface area contributed by atoms with Crippen molar-refractivity contribution in [2.24, 2.45) is 5.92 Å². The number of rotatable bonds is 5. The fraction of sp³-hybridized carbons (Fsp3) is 0.625. The van der Waals surface area contributed by atoms with E-state index in [9.17, 15) is 0 Å². The highest BCUT2D eigenvalue weighted by Crippen LogP contribution is 2.32. The van der Waals surface area contributed by atoms with Gasteiger partial charge in [0, 0.05) is 36.7 Å². The van der Waals surface area contributed by atoms with Crippen molar-refractivity contribution >= 4 is 40.7 Å². The number of benzene rings is 1. The molecule has 1 aliphatic heterocycles. The summed E-state index contributed by atoms with van der Waals surface area (Å²) in [5.74, 6) is 0.771. The normalized spacial score (nSPS) is 17.0. The summed E-state index contributed by atoms with van der Waals surface area (Å²) in [5.41, 5.74) is 1.45. The minimum absolute atomic E-state index is 0. The molecule has 0 saturated carbocycles. The Kier molecular flexibility index (Phi) is 11.0. The summed E-state index contributed by atoms with van der Waals surface area (Å²) in [6, 6.07) is 9.26. The van der Waals surface area contributed by atoms with Gasteiger partial charge in [0.2, 0.25) is 0 Å². The standard InChI is InChI=1S/C16H25BrN2.2ClH/c1-13(2)7-8-16(19-11-9-18-10-12-19)14-5-3-4-6-15(14)17;;/h3-6,13,16,18H,7-12H2,1-2H3;2*1H/t16-;;/m0../s1. The summed E-state index contributed by atoms with van der Waals surface area (Å²) < 4.78 is 1.25. The molecule has 0 amide bonds. The van der Waals surface area contributed by atoms with Gasteiger partial charge in [-0.15, -0.1) is 24.8 Å². The first-order valence-corrected chi connectivity index (χ1v) is 8.17. The third-order valence-electron chi connectivity index (χ3n) is 3.87. The molecular weight excluding hydrogens is 371 g/mol. The molecule has 1 aromatic rings. The van der Waals surface area contributed by atoms with Gasteiger partial charge in [-0.25, -0.2) is 0 Å². The molecule has 1 aromatic carbocycles. The van der Waals surface area contributed by atoms with E-state index in [1.165, 1.54) is 22.9 Å². The van der Waals surface area contributed by atoms with Gasteiger partial charge >= 0.3 is 0 Å². The summed E-state index contributed by atoms with van der Waals surface area (Å²) >= 11 is 3.73. The third kappa shape index (κ3) is 6.45. The second-order valence-electron chi connectivity index (χ2n) is 5.79. The van der Waals surface area contributed by atoms with Gasteiger partial charge in [-0.3, -0.25) is 4.90 Å². The number of nitrogens with one attached hydrogen (secondary N) is 1. The van der Waals surface area contributed by atoms with Crippen molar-refractivity contribution in [3.8, 4) is 0 Å². The number of nitrogens with zero attached hydrogens (tertiary/aromatic N) is 1. The van der Waals surface area contributed by atoms with E-state index in [1.54, 1.807) is 0 Å². The quantitative estimate of drug-likeness (QED) is 0.776. The van der Waals surface area contributed by atoms with Crippen LogP contribution in [0.2, 0.25) is 0 Å². The van der Waals surface area contributed by atoms with E-state index in [1.807, 2.05) is 0 Å². The molecule has 0 aromatic heterocycles. The highest BCUT2D eigenvalue weighted by atomic mass is 79.9. The predicted molar refractivity (Wildman–Crippen MR) is 99.9 cm³/mol. The molecule has 5 heteroatoms. The van der Waals surface area contributed by atoms with Crippen molar-refractivity contribution in [2.45, 2.75) is 32.7 Å². The van der Waals surface area contributed by atoms with Crippen molar-refractivity contribution in [1.29, 1.82) is 0 Å². The van der Waals surface area contributed by atoms with Gasteiger partial charge in [0.05, 0.1) is 0 Å². The third-order valence-corrected chi connectivity index (χ3v) is 4.60. The van der Waals surface area contributed by atoms with E-state index >= 15 is 0 Å². The molecule has 1 N–H and O–H groups in total. The minimum Gasteiger partial charge on any atom is -0.314 e. The van der Waals surface area contributed by atoms with Crippen LogP contribution in [-0.2, 0) is 0 Å². The number of piperazine rings is 1. The lowest BCUT2D eigenvalue weighted by atomic mass is 9.96. The summed E-state index contributed by atoms with van der Waals surface area (Å²) in [6.07, 6.45) is 2.54. The van der Waals surface area contributed by atoms with Gasteiger partial charge in [-0.1, -0.05) is 48.0 Å². The zero-order chi connectivity index (χ0) is 13.7. The van der Waals surface area contributed by atoms with Crippen LogP contribution >= 0.6 is 40.7 Å². The highest BCUT2D eigenvalue weighted by molar-refractivity contribution is 9.10. The first-order valence-electron chi connectivity index (χ1n) is 7.37. The average Bonchev–Trinajstić information content (AvgIpc) is 2.42. The number of hydrogen-bond acceptors (Lipinski definition) is 2. The van der Waals surface area contributed by atoms with Crippen LogP contribution in [0.4, 0.5) is 0 Å². The van der Waals surface area contributed by atoms with E-state index in [2.05, 4.69) is 64.3 Å². The molecular formula is C16H27BrCl2N2.